The Labute approximate surface area is 196 Å². The zero-order valence-electron chi connectivity index (χ0n) is 19.2. The van der Waals surface area contributed by atoms with Gasteiger partial charge in [0, 0.05) is 26.1 Å². The molecule has 7 nitrogen and oxygen atoms in total. The molecule has 180 valence electrons. The summed E-state index contributed by atoms with van der Waals surface area (Å²) >= 11 is 0. The van der Waals surface area contributed by atoms with Gasteiger partial charge in [-0.05, 0) is 92.2 Å². The minimum Gasteiger partial charge on any atom is -0.350 e. The number of hydrogen-bond acceptors (Lipinski definition) is 4. The summed E-state index contributed by atoms with van der Waals surface area (Å²) in [4.78, 5) is 25.1. The molecule has 4 bridgehead atoms. The molecule has 5 fully saturated rings. The highest BCUT2D eigenvalue weighted by Gasteiger charge is 2.51. The Balaban J connectivity index is 1.06. The Bertz CT molecular complexity index is 964. The molecule has 0 radical (unpaired) electrons. The maximum absolute atomic E-state index is 12.6. The van der Waals surface area contributed by atoms with Crippen molar-refractivity contribution in [3.8, 4) is 0 Å². The highest BCUT2D eigenvalue weighted by atomic mass is 32.2. The fourth-order valence-electron chi connectivity index (χ4n) is 7.21. The van der Waals surface area contributed by atoms with Crippen LogP contribution in [0.3, 0.4) is 0 Å². The molecule has 2 amide bonds. The van der Waals surface area contributed by atoms with Gasteiger partial charge in [0.15, 0.2) is 0 Å². The zero-order valence-corrected chi connectivity index (χ0v) is 20.0. The number of sulfonamides is 1. The van der Waals surface area contributed by atoms with Crippen molar-refractivity contribution >= 4 is 21.8 Å². The molecule has 5 aliphatic rings. The molecule has 0 aromatic heterocycles. The van der Waals surface area contributed by atoms with Gasteiger partial charge >= 0.3 is 0 Å². The first-order valence-corrected chi connectivity index (χ1v) is 13.9. The van der Waals surface area contributed by atoms with Crippen molar-refractivity contribution in [3.63, 3.8) is 0 Å². The first-order valence-electron chi connectivity index (χ1n) is 12.4. The molecule has 1 aromatic rings. The highest BCUT2D eigenvalue weighted by molar-refractivity contribution is 7.89. The smallest absolute Gasteiger partial charge is 0.243 e. The summed E-state index contributed by atoms with van der Waals surface area (Å²) in [7, 11) is -3.43. The molecular weight excluding hydrogens is 438 g/mol. The predicted molar refractivity (Wildman–Crippen MR) is 125 cm³/mol. The van der Waals surface area contributed by atoms with Gasteiger partial charge in [0.1, 0.15) is 0 Å². The first kappa shape index (κ1) is 22.8. The van der Waals surface area contributed by atoms with Crippen LogP contribution in [0, 0.1) is 23.2 Å². The van der Waals surface area contributed by atoms with E-state index in [1.54, 1.807) is 24.3 Å². The SMILES string of the molecule is O=C(CNC(=O)CC12CC3CC(CC(C3)C1)C2)NCc1ccc(S(=O)(=O)N2CCCC2)cc1. The van der Waals surface area contributed by atoms with Crippen LogP contribution < -0.4 is 10.6 Å². The van der Waals surface area contributed by atoms with Gasteiger partial charge in [-0.2, -0.15) is 4.31 Å². The average molecular weight is 474 g/mol. The summed E-state index contributed by atoms with van der Waals surface area (Å²) in [6.45, 7) is 1.43. The van der Waals surface area contributed by atoms with Crippen molar-refractivity contribution in [2.24, 2.45) is 23.2 Å². The van der Waals surface area contributed by atoms with Crippen molar-refractivity contribution in [1.82, 2.24) is 14.9 Å². The molecule has 1 aromatic carbocycles. The van der Waals surface area contributed by atoms with E-state index < -0.39 is 10.0 Å². The van der Waals surface area contributed by atoms with Gasteiger partial charge in [-0.1, -0.05) is 12.1 Å². The quantitative estimate of drug-likeness (QED) is 0.607. The zero-order chi connectivity index (χ0) is 23.1. The number of amides is 2. The van der Waals surface area contributed by atoms with Crippen molar-refractivity contribution < 1.29 is 18.0 Å². The molecule has 4 saturated carbocycles. The summed E-state index contributed by atoms with van der Waals surface area (Å²) in [6.07, 6.45) is 9.98. The van der Waals surface area contributed by atoms with Crippen LogP contribution in [0.1, 0.15) is 63.4 Å². The standard InChI is InChI=1S/C25H35N3O4S/c29-23(15-25-12-19-9-20(13-25)11-21(10-19)14-25)27-17-24(30)26-16-18-3-5-22(6-4-18)33(31,32)28-7-1-2-8-28/h3-6,19-21H,1-2,7-17H2,(H,26,30)(H,27,29). The van der Waals surface area contributed by atoms with Crippen molar-refractivity contribution in [2.45, 2.75) is 69.2 Å². The fourth-order valence-corrected chi connectivity index (χ4v) is 8.73. The van der Waals surface area contributed by atoms with Crippen LogP contribution in [0.15, 0.2) is 29.2 Å². The van der Waals surface area contributed by atoms with Crippen molar-refractivity contribution in [3.05, 3.63) is 29.8 Å². The van der Waals surface area contributed by atoms with E-state index in [0.717, 1.165) is 36.2 Å². The molecule has 1 aliphatic heterocycles. The van der Waals surface area contributed by atoms with E-state index in [2.05, 4.69) is 10.6 Å². The van der Waals surface area contributed by atoms with Crippen molar-refractivity contribution in [1.29, 1.82) is 0 Å². The van der Waals surface area contributed by atoms with Crippen LogP contribution in [0.2, 0.25) is 0 Å². The van der Waals surface area contributed by atoms with Gasteiger partial charge in [0.2, 0.25) is 21.8 Å². The Morgan fingerprint density at radius 1 is 0.879 bits per heavy atom. The minimum atomic E-state index is -3.43. The molecule has 6 rings (SSSR count). The molecule has 2 N–H and O–H groups in total. The Hall–Kier alpha value is -1.93. The molecule has 4 aliphatic carbocycles. The van der Waals surface area contributed by atoms with Crippen LogP contribution in [-0.2, 0) is 26.2 Å². The number of carbonyl (C=O) groups is 2. The monoisotopic (exact) mass is 473 g/mol. The fraction of sp³-hybridized carbons (Fsp3) is 0.680. The van der Waals surface area contributed by atoms with Gasteiger partial charge in [0.05, 0.1) is 11.4 Å². The normalized spacial score (nSPS) is 31.0. The summed E-state index contributed by atoms with van der Waals surface area (Å²) in [5, 5.41) is 5.63. The summed E-state index contributed by atoms with van der Waals surface area (Å²) in [5.74, 6) is 2.18. The number of rotatable bonds is 8. The molecule has 33 heavy (non-hydrogen) atoms. The number of hydrogen-bond donors (Lipinski definition) is 2. The summed E-state index contributed by atoms with van der Waals surface area (Å²) in [5.41, 5.74) is 0.996. The highest BCUT2D eigenvalue weighted by Crippen LogP contribution is 2.61. The van der Waals surface area contributed by atoms with Crippen LogP contribution in [0.25, 0.3) is 0 Å². The van der Waals surface area contributed by atoms with E-state index in [1.807, 2.05) is 0 Å². The molecule has 0 atom stereocenters. The number of nitrogens with one attached hydrogen (secondary N) is 2. The Morgan fingerprint density at radius 3 is 2.03 bits per heavy atom. The van der Waals surface area contributed by atoms with Gasteiger partial charge in [-0.25, -0.2) is 8.42 Å². The topological polar surface area (TPSA) is 95.6 Å². The number of benzene rings is 1. The van der Waals surface area contributed by atoms with E-state index in [4.69, 9.17) is 0 Å². The first-order chi connectivity index (χ1) is 15.8. The van der Waals surface area contributed by atoms with Crippen LogP contribution in [0.4, 0.5) is 0 Å². The molecule has 1 saturated heterocycles. The van der Waals surface area contributed by atoms with Crippen LogP contribution >= 0.6 is 0 Å². The maximum Gasteiger partial charge on any atom is 0.243 e. The third-order valence-electron chi connectivity index (χ3n) is 8.26. The third-order valence-corrected chi connectivity index (χ3v) is 10.2. The molecule has 0 spiro atoms. The second-order valence-electron chi connectivity index (χ2n) is 10.9. The average Bonchev–Trinajstić information content (AvgIpc) is 3.31. The van der Waals surface area contributed by atoms with E-state index in [1.165, 1.54) is 42.8 Å². The van der Waals surface area contributed by atoms with Crippen molar-refractivity contribution in [2.75, 3.05) is 19.6 Å². The van der Waals surface area contributed by atoms with Gasteiger partial charge in [-0.15, -0.1) is 0 Å². The van der Waals surface area contributed by atoms with Gasteiger partial charge in [-0.3, -0.25) is 9.59 Å². The van der Waals surface area contributed by atoms with Crippen LogP contribution in [0.5, 0.6) is 0 Å². The molecule has 1 heterocycles. The maximum atomic E-state index is 12.6. The summed E-state index contributed by atoms with van der Waals surface area (Å²) < 4.78 is 26.7. The van der Waals surface area contributed by atoms with E-state index in [0.29, 0.717) is 26.1 Å². The predicted octanol–water partition coefficient (Wildman–Crippen LogP) is 2.81. The minimum absolute atomic E-state index is 0.0106. The second-order valence-corrected chi connectivity index (χ2v) is 12.8. The summed E-state index contributed by atoms with van der Waals surface area (Å²) in [6, 6.07) is 6.66. The second kappa shape index (κ2) is 9.02. The molecular formula is C25H35N3O4S. The van der Waals surface area contributed by atoms with E-state index in [9.17, 15) is 18.0 Å². The lowest BCUT2D eigenvalue weighted by molar-refractivity contribution is -0.131. The lowest BCUT2D eigenvalue weighted by atomic mass is 9.49. The van der Waals surface area contributed by atoms with Gasteiger partial charge in [0.25, 0.3) is 0 Å². The Morgan fingerprint density at radius 2 is 1.45 bits per heavy atom. The molecule has 0 unspecified atom stereocenters. The molecule has 8 heteroatoms. The van der Waals surface area contributed by atoms with Crippen LogP contribution in [-0.4, -0.2) is 44.2 Å². The number of carbonyl (C=O) groups excluding carboxylic acids is 2. The Kier molecular flexibility index (Phi) is 6.25. The van der Waals surface area contributed by atoms with Gasteiger partial charge < -0.3 is 10.6 Å². The van der Waals surface area contributed by atoms with E-state index >= 15 is 0 Å². The van der Waals surface area contributed by atoms with E-state index in [-0.39, 0.29) is 28.7 Å². The third kappa shape index (κ3) is 4.97. The number of nitrogens with zero attached hydrogens (tertiary/aromatic N) is 1. The lowest BCUT2D eigenvalue weighted by Crippen LogP contribution is -2.48. The largest absolute Gasteiger partial charge is 0.350 e. The lowest BCUT2D eigenvalue weighted by Gasteiger charge is -2.56.